The van der Waals surface area contributed by atoms with Crippen molar-refractivity contribution in [3.63, 3.8) is 0 Å². The Balaban J connectivity index is 0.000000771. The molecule has 2 aromatic rings. The van der Waals surface area contributed by atoms with Crippen molar-refractivity contribution in [1.82, 2.24) is 14.9 Å². The van der Waals surface area contributed by atoms with E-state index in [0.29, 0.717) is 0 Å². The van der Waals surface area contributed by atoms with Gasteiger partial charge in [0.25, 0.3) is 0 Å². The molecule has 0 aromatic carbocycles. The van der Waals surface area contributed by atoms with Gasteiger partial charge in [-0.2, -0.15) is 0 Å². The van der Waals surface area contributed by atoms with E-state index in [-0.39, 0.29) is 0 Å². The molecular weight excluding hydrogens is 222 g/mol. The van der Waals surface area contributed by atoms with Crippen LogP contribution in [0.2, 0.25) is 0 Å². The van der Waals surface area contributed by atoms with E-state index in [1.165, 1.54) is 0 Å². The lowest BCUT2D eigenvalue weighted by atomic mass is 10.3. The normalized spacial score (nSPS) is 9.78. The van der Waals surface area contributed by atoms with Crippen molar-refractivity contribution in [1.29, 1.82) is 0 Å². The van der Waals surface area contributed by atoms with Crippen molar-refractivity contribution in [2.75, 3.05) is 7.05 Å². The second-order valence-corrected chi connectivity index (χ2v) is 3.81. The van der Waals surface area contributed by atoms with Crippen LogP contribution in [-0.2, 0) is 13.1 Å². The highest BCUT2D eigenvalue weighted by Gasteiger charge is 2.02. The fourth-order valence-electron chi connectivity index (χ4n) is 1.59. The SMILES string of the molecule is CC.CN(Cc1ccccn1)Cc1ccccn1. The van der Waals surface area contributed by atoms with Crippen LogP contribution in [0.25, 0.3) is 0 Å². The van der Waals surface area contributed by atoms with E-state index in [4.69, 9.17) is 0 Å². The average Bonchev–Trinajstić information content (AvgIpc) is 2.43. The zero-order chi connectivity index (χ0) is 13.2. The summed E-state index contributed by atoms with van der Waals surface area (Å²) >= 11 is 0. The van der Waals surface area contributed by atoms with Gasteiger partial charge in [0.2, 0.25) is 0 Å². The molecule has 0 fully saturated rings. The minimum Gasteiger partial charge on any atom is -0.295 e. The smallest absolute Gasteiger partial charge is 0.0543 e. The van der Waals surface area contributed by atoms with E-state index < -0.39 is 0 Å². The van der Waals surface area contributed by atoms with Gasteiger partial charge in [-0.05, 0) is 31.3 Å². The zero-order valence-corrected chi connectivity index (χ0v) is 11.4. The van der Waals surface area contributed by atoms with Gasteiger partial charge in [0.05, 0.1) is 11.4 Å². The number of hydrogen-bond acceptors (Lipinski definition) is 3. The van der Waals surface area contributed by atoms with Crippen molar-refractivity contribution in [2.24, 2.45) is 0 Å². The molecule has 0 aliphatic heterocycles. The first kappa shape index (κ1) is 14.3. The monoisotopic (exact) mass is 243 g/mol. The van der Waals surface area contributed by atoms with Crippen LogP contribution in [0.5, 0.6) is 0 Å². The van der Waals surface area contributed by atoms with Gasteiger partial charge >= 0.3 is 0 Å². The number of rotatable bonds is 4. The van der Waals surface area contributed by atoms with Crippen molar-refractivity contribution < 1.29 is 0 Å². The van der Waals surface area contributed by atoms with E-state index >= 15 is 0 Å². The van der Waals surface area contributed by atoms with Gasteiger partial charge in [-0.15, -0.1) is 0 Å². The second kappa shape index (κ2) is 8.37. The molecule has 0 radical (unpaired) electrons. The summed E-state index contributed by atoms with van der Waals surface area (Å²) in [6.45, 7) is 5.69. The van der Waals surface area contributed by atoms with Crippen LogP contribution < -0.4 is 0 Å². The van der Waals surface area contributed by atoms with Crippen LogP contribution in [0.3, 0.4) is 0 Å². The van der Waals surface area contributed by atoms with Crippen LogP contribution in [0.4, 0.5) is 0 Å². The molecule has 0 amide bonds. The Morgan fingerprint density at radius 1 is 0.833 bits per heavy atom. The molecule has 0 atom stereocenters. The quantitative estimate of drug-likeness (QED) is 0.826. The van der Waals surface area contributed by atoms with E-state index in [1.54, 1.807) is 0 Å². The molecule has 2 aromatic heterocycles. The van der Waals surface area contributed by atoms with Gasteiger partial charge in [-0.1, -0.05) is 26.0 Å². The zero-order valence-electron chi connectivity index (χ0n) is 11.4. The van der Waals surface area contributed by atoms with Crippen LogP contribution in [0.15, 0.2) is 48.8 Å². The Bertz CT molecular complexity index is 373. The predicted molar refractivity (Wildman–Crippen MR) is 75.0 cm³/mol. The molecule has 0 saturated heterocycles. The number of hydrogen-bond donors (Lipinski definition) is 0. The van der Waals surface area contributed by atoms with Crippen molar-refractivity contribution in [3.05, 3.63) is 60.2 Å². The molecule has 3 heteroatoms. The predicted octanol–water partition coefficient (Wildman–Crippen LogP) is 3.13. The van der Waals surface area contributed by atoms with Gasteiger partial charge in [0, 0.05) is 25.5 Å². The molecule has 2 rings (SSSR count). The third-order valence-corrected chi connectivity index (χ3v) is 2.32. The molecule has 0 bridgehead atoms. The fraction of sp³-hybridized carbons (Fsp3) is 0.333. The summed E-state index contributed by atoms with van der Waals surface area (Å²) in [6.07, 6.45) is 3.65. The van der Waals surface area contributed by atoms with Crippen LogP contribution in [0, 0.1) is 0 Å². The summed E-state index contributed by atoms with van der Waals surface area (Å²) in [5, 5.41) is 0. The summed E-state index contributed by atoms with van der Waals surface area (Å²) in [6, 6.07) is 12.0. The summed E-state index contributed by atoms with van der Waals surface area (Å²) in [4.78, 5) is 10.8. The van der Waals surface area contributed by atoms with E-state index in [1.807, 2.05) is 62.6 Å². The Kier molecular flexibility index (Phi) is 6.66. The van der Waals surface area contributed by atoms with Crippen molar-refractivity contribution in [3.8, 4) is 0 Å². The lowest BCUT2D eigenvalue weighted by molar-refractivity contribution is 0.311. The van der Waals surface area contributed by atoms with E-state index in [9.17, 15) is 0 Å². The molecule has 0 aliphatic rings. The first-order valence-corrected chi connectivity index (χ1v) is 6.33. The standard InChI is InChI=1S/C13H15N3.C2H6/c1-16(10-12-6-2-4-8-14-12)11-13-7-3-5-9-15-13;1-2/h2-9H,10-11H2,1H3;1-2H3. The van der Waals surface area contributed by atoms with Crippen molar-refractivity contribution >= 4 is 0 Å². The van der Waals surface area contributed by atoms with Crippen LogP contribution in [0.1, 0.15) is 25.2 Å². The molecule has 0 N–H and O–H groups in total. The summed E-state index contributed by atoms with van der Waals surface area (Å²) < 4.78 is 0. The van der Waals surface area contributed by atoms with Gasteiger partial charge in [-0.3, -0.25) is 14.9 Å². The molecule has 0 spiro atoms. The van der Waals surface area contributed by atoms with Crippen LogP contribution in [-0.4, -0.2) is 21.9 Å². The first-order chi connectivity index (χ1) is 8.84. The van der Waals surface area contributed by atoms with Gasteiger partial charge in [0.1, 0.15) is 0 Å². The third kappa shape index (κ3) is 5.06. The molecule has 0 saturated carbocycles. The fourth-order valence-corrected chi connectivity index (χ4v) is 1.59. The van der Waals surface area contributed by atoms with Crippen molar-refractivity contribution in [2.45, 2.75) is 26.9 Å². The Morgan fingerprint density at radius 3 is 1.61 bits per heavy atom. The Labute approximate surface area is 110 Å². The molecule has 0 aliphatic carbocycles. The summed E-state index contributed by atoms with van der Waals surface area (Å²) in [7, 11) is 2.07. The van der Waals surface area contributed by atoms with E-state index in [0.717, 1.165) is 24.5 Å². The minimum atomic E-state index is 0.845. The largest absolute Gasteiger partial charge is 0.295 e. The highest BCUT2D eigenvalue weighted by molar-refractivity contribution is 5.05. The van der Waals surface area contributed by atoms with Gasteiger partial charge < -0.3 is 0 Å². The van der Waals surface area contributed by atoms with E-state index in [2.05, 4.69) is 21.9 Å². The number of aromatic nitrogens is 2. The second-order valence-electron chi connectivity index (χ2n) is 3.81. The molecule has 96 valence electrons. The van der Waals surface area contributed by atoms with Crippen LogP contribution >= 0.6 is 0 Å². The minimum absolute atomic E-state index is 0.845. The maximum absolute atomic E-state index is 4.30. The highest BCUT2D eigenvalue weighted by Crippen LogP contribution is 2.03. The molecule has 18 heavy (non-hydrogen) atoms. The molecule has 0 unspecified atom stereocenters. The summed E-state index contributed by atoms with van der Waals surface area (Å²) in [5.74, 6) is 0. The van der Waals surface area contributed by atoms with Gasteiger partial charge in [-0.25, -0.2) is 0 Å². The van der Waals surface area contributed by atoms with Gasteiger partial charge in [0.15, 0.2) is 0 Å². The topological polar surface area (TPSA) is 29.0 Å². The average molecular weight is 243 g/mol. The number of nitrogens with zero attached hydrogens (tertiary/aromatic N) is 3. The molecule has 2 heterocycles. The maximum atomic E-state index is 4.30. The first-order valence-electron chi connectivity index (χ1n) is 6.33. The third-order valence-electron chi connectivity index (χ3n) is 2.32. The highest BCUT2D eigenvalue weighted by atomic mass is 15.1. The maximum Gasteiger partial charge on any atom is 0.0543 e. The summed E-state index contributed by atoms with van der Waals surface area (Å²) in [5.41, 5.74) is 2.17. The molecule has 3 nitrogen and oxygen atoms in total. The number of pyridine rings is 2. The molecular formula is C15H21N3. The Morgan fingerprint density at radius 2 is 1.28 bits per heavy atom. The lowest BCUT2D eigenvalue weighted by Crippen LogP contribution is -2.18. The Hall–Kier alpha value is -1.74. The lowest BCUT2D eigenvalue weighted by Gasteiger charge is -2.15.